The van der Waals surface area contributed by atoms with E-state index in [1.165, 1.54) is 0 Å². The third kappa shape index (κ3) is 3.06. The van der Waals surface area contributed by atoms with Crippen LogP contribution in [0.1, 0.15) is 35.9 Å². The Morgan fingerprint density at radius 2 is 2.19 bits per heavy atom. The molecule has 1 N–H and O–H groups in total. The summed E-state index contributed by atoms with van der Waals surface area (Å²) in [6.07, 6.45) is 0. The van der Waals surface area contributed by atoms with Crippen molar-refractivity contribution in [2.24, 2.45) is 0 Å². The molecule has 0 aliphatic rings. The number of likely N-dealkylation sites (N-methyl/N-ethyl adjacent to an activating group) is 1. The smallest absolute Gasteiger partial charge is 0.354 e. The molecule has 0 saturated carbocycles. The SMILES string of the molecule is CC(C)c1cc(C(=O)O)n(CCN(C)C)n1. The summed E-state index contributed by atoms with van der Waals surface area (Å²) in [6.45, 7) is 5.38. The summed E-state index contributed by atoms with van der Waals surface area (Å²) in [5.74, 6) is -0.670. The van der Waals surface area contributed by atoms with Crippen LogP contribution in [0.3, 0.4) is 0 Å². The quantitative estimate of drug-likeness (QED) is 0.819. The molecular formula is C11H19N3O2. The fourth-order valence-corrected chi connectivity index (χ4v) is 1.36. The molecule has 5 heteroatoms. The molecule has 0 fully saturated rings. The van der Waals surface area contributed by atoms with Crippen molar-refractivity contribution in [1.82, 2.24) is 14.7 Å². The Kier molecular flexibility index (Phi) is 4.06. The molecule has 0 atom stereocenters. The van der Waals surface area contributed by atoms with Gasteiger partial charge in [-0.1, -0.05) is 13.8 Å². The van der Waals surface area contributed by atoms with Crippen molar-refractivity contribution in [2.45, 2.75) is 26.3 Å². The van der Waals surface area contributed by atoms with E-state index in [1.807, 2.05) is 32.8 Å². The highest BCUT2D eigenvalue weighted by molar-refractivity contribution is 5.85. The number of aromatic carboxylic acids is 1. The van der Waals surface area contributed by atoms with E-state index in [9.17, 15) is 4.79 Å². The number of rotatable bonds is 5. The number of carboxylic acids is 1. The lowest BCUT2D eigenvalue weighted by molar-refractivity contribution is 0.0682. The van der Waals surface area contributed by atoms with Crippen molar-refractivity contribution in [3.8, 4) is 0 Å². The molecular weight excluding hydrogens is 206 g/mol. The Hall–Kier alpha value is -1.36. The molecule has 5 nitrogen and oxygen atoms in total. The van der Waals surface area contributed by atoms with Gasteiger partial charge >= 0.3 is 5.97 Å². The fourth-order valence-electron chi connectivity index (χ4n) is 1.36. The first-order chi connectivity index (χ1) is 7.41. The monoisotopic (exact) mass is 225 g/mol. The maximum Gasteiger partial charge on any atom is 0.354 e. The molecule has 0 aromatic carbocycles. The highest BCUT2D eigenvalue weighted by Crippen LogP contribution is 2.14. The summed E-state index contributed by atoms with van der Waals surface area (Å²) in [6, 6.07) is 1.66. The van der Waals surface area contributed by atoms with E-state index in [0.29, 0.717) is 6.54 Å². The Labute approximate surface area is 95.7 Å². The molecule has 1 aromatic rings. The van der Waals surface area contributed by atoms with E-state index in [4.69, 9.17) is 5.11 Å². The van der Waals surface area contributed by atoms with Gasteiger partial charge in [0.1, 0.15) is 5.69 Å². The van der Waals surface area contributed by atoms with Gasteiger partial charge in [-0.25, -0.2) is 4.79 Å². The van der Waals surface area contributed by atoms with Gasteiger partial charge in [0.2, 0.25) is 0 Å². The lowest BCUT2D eigenvalue weighted by atomic mass is 10.1. The van der Waals surface area contributed by atoms with Gasteiger partial charge in [0.15, 0.2) is 0 Å². The standard InChI is InChI=1S/C11H19N3O2/c1-8(2)9-7-10(11(15)16)14(12-9)6-5-13(3)4/h7-8H,5-6H2,1-4H3,(H,15,16). The first-order valence-electron chi connectivity index (χ1n) is 5.37. The lowest BCUT2D eigenvalue weighted by Gasteiger charge is -2.10. The summed E-state index contributed by atoms with van der Waals surface area (Å²) in [7, 11) is 3.90. The van der Waals surface area contributed by atoms with Crippen molar-refractivity contribution in [2.75, 3.05) is 20.6 Å². The highest BCUT2D eigenvalue weighted by Gasteiger charge is 2.15. The van der Waals surface area contributed by atoms with Crippen LogP contribution in [-0.4, -0.2) is 46.4 Å². The zero-order valence-corrected chi connectivity index (χ0v) is 10.3. The largest absolute Gasteiger partial charge is 0.477 e. The van der Waals surface area contributed by atoms with E-state index in [2.05, 4.69) is 5.10 Å². The number of aromatic nitrogens is 2. The van der Waals surface area contributed by atoms with Gasteiger partial charge in [-0.05, 0) is 26.1 Å². The lowest BCUT2D eigenvalue weighted by Crippen LogP contribution is -2.21. The average molecular weight is 225 g/mol. The van der Waals surface area contributed by atoms with Crippen LogP contribution in [0.4, 0.5) is 0 Å². The van der Waals surface area contributed by atoms with Gasteiger partial charge in [0.25, 0.3) is 0 Å². The molecule has 0 amide bonds. The molecule has 0 aliphatic heterocycles. The van der Waals surface area contributed by atoms with E-state index in [1.54, 1.807) is 10.7 Å². The molecule has 90 valence electrons. The Bertz CT molecular complexity index is 369. The Morgan fingerprint density at radius 3 is 2.62 bits per heavy atom. The zero-order valence-electron chi connectivity index (χ0n) is 10.3. The van der Waals surface area contributed by atoms with Crippen LogP contribution in [-0.2, 0) is 6.54 Å². The van der Waals surface area contributed by atoms with Crippen molar-refractivity contribution in [1.29, 1.82) is 0 Å². The van der Waals surface area contributed by atoms with E-state index >= 15 is 0 Å². The van der Waals surface area contributed by atoms with Gasteiger partial charge in [0, 0.05) is 6.54 Å². The zero-order chi connectivity index (χ0) is 12.3. The topological polar surface area (TPSA) is 58.4 Å². The van der Waals surface area contributed by atoms with Crippen molar-refractivity contribution < 1.29 is 9.90 Å². The molecule has 0 spiro atoms. The molecule has 16 heavy (non-hydrogen) atoms. The predicted molar refractivity (Wildman–Crippen MR) is 61.8 cm³/mol. The number of hydrogen-bond donors (Lipinski definition) is 1. The third-order valence-electron chi connectivity index (χ3n) is 2.37. The van der Waals surface area contributed by atoms with Crippen LogP contribution >= 0.6 is 0 Å². The second kappa shape index (κ2) is 5.12. The van der Waals surface area contributed by atoms with Gasteiger partial charge in [0.05, 0.1) is 12.2 Å². The van der Waals surface area contributed by atoms with Crippen LogP contribution in [0.15, 0.2) is 6.07 Å². The van der Waals surface area contributed by atoms with Crippen LogP contribution in [0, 0.1) is 0 Å². The van der Waals surface area contributed by atoms with E-state index < -0.39 is 5.97 Å². The number of carboxylic acid groups (broad SMARTS) is 1. The van der Waals surface area contributed by atoms with Crippen molar-refractivity contribution >= 4 is 5.97 Å². The Morgan fingerprint density at radius 1 is 1.56 bits per heavy atom. The predicted octanol–water partition coefficient (Wildman–Crippen LogP) is 1.27. The second-order valence-electron chi connectivity index (χ2n) is 4.44. The maximum atomic E-state index is 11.0. The number of hydrogen-bond acceptors (Lipinski definition) is 3. The summed E-state index contributed by atoms with van der Waals surface area (Å²) in [5.41, 5.74) is 1.10. The molecule has 0 saturated heterocycles. The van der Waals surface area contributed by atoms with Gasteiger partial charge in [-0.2, -0.15) is 5.10 Å². The number of carbonyl (C=O) groups is 1. The van der Waals surface area contributed by atoms with Gasteiger partial charge in [-0.3, -0.25) is 4.68 Å². The highest BCUT2D eigenvalue weighted by atomic mass is 16.4. The molecule has 1 rings (SSSR count). The van der Waals surface area contributed by atoms with Crippen LogP contribution in [0.25, 0.3) is 0 Å². The summed E-state index contributed by atoms with van der Waals surface area (Å²) >= 11 is 0. The van der Waals surface area contributed by atoms with Gasteiger partial charge < -0.3 is 10.0 Å². The summed E-state index contributed by atoms with van der Waals surface area (Å²) in [4.78, 5) is 13.0. The summed E-state index contributed by atoms with van der Waals surface area (Å²) in [5, 5.41) is 13.4. The fraction of sp³-hybridized carbons (Fsp3) is 0.636. The molecule has 0 unspecified atom stereocenters. The van der Waals surface area contributed by atoms with E-state index in [-0.39, 0.29) is 11.6 Å². The maximum absolute atomic E-state index is 11.0. The Balaban J connectivity index is 2.91. The third-order valence-corrected chi connectivity index (χ3v) is 2.37. The van der Waals surface area contributed by atoms with Crippen LogP contribution in [0.2, 0.25) is 0 Å². The minimum absolute atomic E-state index is 0.249. The molecule has 1 heterocycles. The first-order valence-corrected chi connectivity index (χ1v) is 5.37. The summed E-state index contributed by atoms with van der Waals surface area (Å²) < 4.78 is 1.57. The minimum atomic E-state index is -0.918. The second-order valence-corrected chi connectivity index (χ2v) is 4.44. The van der Waals surface area contributed by atoms with Crippen molar-refractivity contribution in [3.63, 3.8) is 0 Å². The van der Waals surface area contributed by atoms with Crippen molar-refractivity contribution in [3.05, 3.63) is 17.5 Å². The molecule has 0 bridgehead atoms. The van der Waals surface area contributed by atoms with E-state index in [0.717, 1.165) is 12.2 Å². The van der Waals surface area contributed by atoms with Crippen LogP contribution < -0.4 is 0 Å². The molecule has 1 aromatic heterocycles. The van der Waals surface area contributed by atoms with Gasteiger partial charge in [-0.15, -0.1) is 0 Å². The molecule has 0 radical (unpaired) electrons. The first kappa shape index (κ1) is 12.7. The molecule has 0 aliphatic carbocycles. The average Bonchev–Trinajstić information content (AvgIpc) is 2.58. The number of nitrogens with zero attached hydrogens (tertiary/aromatic N) is 3. The van der Waals surface area contributed by atoms with Crippen LogP contribution in [0.5, 0.6) is 0 Å². The minimum Gasteiger partial charge on any atom is -0.477 e. The normalized spacial score (nSPS) is 11.4.